The molecule has 1 aliphatic heterocycles. The number of piperazine rings is 1. The lowest BCUT2D eigenvalue weighted by Crippen LogP contribution is -2.47. The monoisotopic (exact) mass is 468 g/mol. The van der Waals surface area contributed by atoms with Gasteiger partial charge in [0, 0.05) is 72.3 Å². The molecule has 0 amide bonds. The highest BCUT2D eigenvalue weighted by Crippen LogP contribution is 2.34. The average molecular weight is 469 g/mol. The Morgan fingerprint density at radius 3 is 2.31 bits per heavy atom. The summed E-state index contributed by atoms with van der Waals surface area (Å²) in [6, 6.07) is 19.1. The van der Waals surface area contributed by atoms with Gasteiger partial charge < -0.3 is 19.4 Å². The molecule has 0 unspecified atom stereocenters. The van der Waals surface area contributed by atoms with Crippen LogP contribution >= 0.6 is 0 Å². The van der Waals surface area contributed by atoms with E-state index in [1.165, 1.54) is 38.2 Å². The van der Waals surface area contributed by atoms with Gasteiger partial charge in [-0.05, 0) is 61.2 Å². The van der Waals surface area contributed by atoms with Crippen LogP contribution in [0.15, 0.2) is 60.8 Å². The first-order valence-corrected chi connectivity index (χ1v) is 12.5. The van der Waals surface area contributed by atoms with Crippen molar-refractivity contribution >= 4 is 16.6 Å². The number of ether oxygens (including phenoxy) is 2. The summed E-state index contributed by atoms with van der Waals surface area (Å²) in [7, 11) is 3.31. The molecule has 0 bridgehead atoms. The number of H-pyrrole nitrogens is 1. The largest absolute Gasteiger partial charge is 0.493 e. The van der Waals surface area contributed by atoms with Crippen molar-refractivity contribution in [2.75, 3.05) is 51.8 Å². The van der Waals surface area contributed by atoms with Crippen molar-refractivity contribution in [3.63, 3.8) is 0 Å². The van der Waals surface area contributed by atoms with E-state index in [0.29, 0.717) is 5.75 Å². The predicted molar refractivity (Wildman–Crippen MR) is 141 cm³/mol. The number of hydrogen-bond donors (Lipinski definition) is 1. The van der Waals surface area contributed by atoms with E-state index in [2.05, 4.69) is 51.2 Å². The highest BCUT2D eigenvalue weighted by atomic mass is 16.5. The summed E-state index contributed by atoms with van der Waals surface area (Å²) in [5.41, 5.74) is 6.54. The summed E-state index contributed by atoms with van der Waals surface area (Å²) < 4.78 is 10.8. The molecule has 1 aliphatic carbocycles. The lowest BCUT2D eigenvalue weighted by atomic mass is 10.1. The molecule has 0 atom stereocenters. The van der Waals surface area contributed by atoms with Crippen LogP contribution in [0.1, 0.15) is 12.8 Å². The van der Waals surface area contributed by atoms with E-state index in [1.807, 2.05) is 24.4 Å². The molecule has 1 saturated heterocycles. The van der Waals surface area contributed by atoms with Gasteiger partial charge in [-0.2, -0.15) is 0 Å². The third-order valence-corrected chi connectivity index (χ3v) is 7.31. The van der Waals surface area contributed by atoms with Crippen LogP contribution in [0.3, 0.4) is 0 Å². The zero-order valence-electron chi connectivity index (χ0n) is 20.5. The lowest BCUT2D eigenvalue weighted by Gasteiger charge is -2.36. The van der Waals surface area contributed by atoms with Crippen LogP contribution in [0.2, 0.25) is 0 Å². The zero-order valence-corrected chi connectivity index (χ0v) is 20.5. The van der Waals surface area contributed by atoms with Crippen molar-refractivity contribution in [3.8, 4) is 34.0 Å². The molecule has 35 heavy (non-hydrogen) atoms. The van der Waals surface area contributed by atoms with Gasteiger partial charge in [-0.1, -0.05) is 12.1 Å². The molecule has 2 aliphatic rings. The molecule has 3 heterocycles. The first-order valence-electron chi connectivity index (χ1n) is 12.5. The van der Waals surface area contributed by atoms with Crippen LogP contribution in [-0.4, -0.2) is 61.8 Å². The Labute approximate surface area is 206 Å². The standard InChI is InChI=1S/C29H32N4O2/c1-34-28-10-7-22(16-29(28)35-2)26-15-23-18-30-25(17-27(23)31-26)21-5-8-24(9-6-21)33-13-11-32(12-14-33)19-20-3-4-20/h5-10,15-18,20,31H,3-4,11-14,19H2,1-2H3. The molecule has 1 N–H and O–H groups in total. The third-order valence-electron chi connectivity index (χ3n) is 7.31. The molecule has 2 fully saturated rings. The fraction of sp³-hybridized carbons (Fsp3) is 0.345. The van der Waals surface area contributed by atoms with E-state index >= 15 is 0 Å². The topological polar surface area (TPSA) is 53.6 Å². The SMILES string of the molecule is COc1ccc(-c2cc3cnc(-c4ccc(N5CCN(CC6CC6)CC5)cc4)cc3[nH]2)cc1OC. The number of hydrogen-bond acceptors (Lipinski definition) is 5. The second-order valence-electron chi connectivity index (χ2n) is 9.69. The fourth-order valence-electron chi connectivity index (χ4n) is 5.04. The van der Waals surface area contributed by atoms with Crippen LogP contribution in [0.25, 0.3) is 33.4 Å². The molecule has 6 rings (SSSR count). The third kappa shape index (κ3) is 4.58. The van der Waals surface area contributed by atoms with Gasteiger partial charge in [0.25, 0.3) is 0 Å². The van der Waals surface area contributed by atoms with Crippen molar-refractivity contribution in [1.29, 1.82) is 0 Å². The van der Waals surface area contributed by atoms with Gasteiger partial charge in [-0.3, -0.25) is 9.88 Å². The minimum atomic E-state index is 0.715. The summed E-state index contributed by atoms with van der Waals surface area (Å²) in [5.74, 6) is 2.41. The smallest absolute Gasteiger partial charge is 0.161 e. The summed E-state index contributed by atoms with van der Waals surface area (Å²) in [6.45, 7) is 5.86. The Balaban J connectivity index is 1.18. The van der Waals surface area contributed by atoms with Crippen LogP contribution in [-0.2, 0) is 0 Å². The van der Waals surface area contributed by atoms with Crippen molar-refractivity contribution in [2.24, 2.45) is 5.92 Å². The fourth-order valence-corrected chi connectivity index (χ4v) is 5.04. The minimum Gasteiger partial charge on any atom is -0.493 e. The molecule has 1 saturated carbocycles. The van der Waals surface area contributed by atoms with Crippen molar-refractivity contribution in [1.82, 2.24) is 14.9 Å². The quantitative estimate of drug-likeness (QED) is 0.391. The van der Waals surface area contributed by atoms with Crippen LogP contribution < -0.4 is 14.4 Å². The van der Waals surface area contributed by atoms with Gasteiger partial charge in [0.05, 0.1) is 19.9 Å². The summed E-state index contributed by atoms with van der Waals surface area (Å²) in [5, 5.41) is 1.08. The van der Waals surface area contributed by atoms with Gasteiger partial charge in [-0.15, -0.1) is 0 Å². The summed E-state index contributed by atoms with van der Waals surface area (Å²) in [4.78, 5) is 13.4. The normalized spacial score (nSPS) is 16.6. The first-order chi connectivity index (χ1) is 17.2. The first kappa shape index (κ1) is 22.0. The molecule has 6 nitrogen and oxygen atoms in total. The molecule has 2 aromatic carbocycles. The molecule has 6 heteroatoms. The number of fused-ring (bicyclic) bond motifs is 1. The Bertz CT molecular complexity index is 1320. The Morgan fingerprint density at radius 2 is 1.60 bits per heavy atom. The average Bonchev–Trinajstić information content (AvgIpc) is 3.63. The Morgan fingerprint density at radius 1 is 0.857 bits per heavy atom. The van der Waals surface area contributed by atoms with E-state index in [-0.39, 0.29) is 0 Å². The van der Waals surface area contributed by atoms with Crippen molar-refractivity contribution < 1.29 is 9.47 Å². The molecule has 0 radical (unpaired) electrons. The van der Waals surface area contributed by atoms with E-state index in [1.54, 1.807) is 14.2 Å². The molecule has 180 valence electrons. The number of anilines is 1. The second-order valence-corrected chi connectivity index (χ2v) is 9.69. The highest BCUT2D eigenvalue weighted by Gasteiger charge is 2.26. The summed E-state index contributed by atoms with van der Waals surface area (Å²) >= 11 is 0. The van der Waals surface area contributed by atoms with E-state index in [9.17, 15) is 0 Å². The second kappa shape index (κ2) is 9.27. The minimum absolute atomic E-state index is 0.715. The van der Waals surface area contributed by atoms with Gasteiger partial charge in [0.2, 0.25) is 0 Å². The lowest BCUT2D eigenvalue weighted by molar-refractivity contribution is 0.248. The maximum Gasteiger partial charge on any atom is 0.161 e. The predicted octanol–water partition coefficient (Wildman–Crippen LogP) is 5.45. The maximum absolute atomic E-state index is 5.47. The number of rotatable bonds is 7. The molecule has 2 aromatic heterocycles. The number of benzene rings is 2. The number of nitrogens with zero attached hydrogens (tertiary/aromatic N) is 3. The number of aromatic amines is 1. The van der Waals surface area contributed by atoms with Gasteiger partial charge >= 0.3 is 0 Å². The van der Waals surface area contributed by atoms with E-state index in [0.717, 1.165) is 58.2 Å². The Kier molecular flexibility index (Phi) is 5.82. The molecule has 0 spiro atoms. The van der Waals surface area contributed by atoms with Crippen molar-refractivity contribution in [3.05, 3.63) is 60.8 Å². The van der Waals surface area contributed by atoms with Crippen LogP contribution in [0.5, 0.6) is 11.5 Å². The molecular weight excluding hydrogens is 436 g/mol. The number of nitrogens with one attached hydrogen (secondary N) is 1. The zero-order chi connectivity index (χ0) is 23.8. The maximum atomic E-state index is 5.47. The van der Waals surface area contributed by atoms with Crippen LogP contribution in [0, 0.1) is 5.92 Å². The number of methoxy groups -OCH3 is 2. The van der Waals surface area contributed by atoms with Gasteiger partial charge in [0.1, 0.15) is 0 Å². The van der Waals surface area contributed by atoms with E-state index < -0.39 is 0 Å². The highest BCUT2D eigenvalue weighted by molar-refractivity contribution is 5.88. The summed E-state index contributed by atoms with van der Waals surface area (Å²) in [6.07, 6.45) is 4.81. The van der Waals surface area contributed by atoms with Gasteiger partial charge in [0.15, 0.2) is 11.5 Å². The van der Waals surface area contributed by atoms with Gasteiger partial charge in [-0.25, -0.2) is 0 Å². The van der Waals surface area contributed by atoms with Crippen molar-refractivity contribution in [2.45, 2.75) is 12.8 Å². The Hall–Kier alpha value is -3.51. The molecule has 4 aromatic rings. The number of aromatic nitrogens is 2. The number of pyridine rings is 1. The molecular formula is C29H32N4O2. The van der Waals surface area contributed by atoms with E-state index in [4.69, 9.17) is 14.5 Å². The van der Waals surface area contributed by atoms with Crippen LogP contribution in [0.4, 0.5) is 5.69 Å².